The van der Waals surface area contributed by atoms with Crippen LogP contribution in [-0.4, -0.2) is 35.2 Å². The van der Waals surface area contributed by atoms with Crippen molar-refractivity contribution in [2.24, 2.45) is 0 Å². The van der Waals surface area contributed by atoms with Gasteiger partial charge in [0.15, 0.2) is 5.82 Å². The van der Waals surface area contributed by atoms with E-state index in [1.165, 1.54) is 30.3 Å². The molecule has 144 valence electrons. The molecule has 0 unspecified atom stereocenters. The SMILES string of the molecule is O=C(N[C@H]1CCCN(c2cc(-c3ccc(F)cc3)[nH]n2)C1)c1cccc(F)c1. The van der Waals surface area contributed by atoms with Crippen molar-refractivity contribution in [3.05, 3.63) is 71.8 Å². The monoisotopic (exact) mass is 382 g/mol. The van der Waals surface area contributed by atoms with Crippen LogP contribution in [0.15, 0.2) is 54.6 Å². The Bertz CT molecular complexity index is 971. The molecule has 2 N–H and O–H groups in total. The molecule has 0 saturated carbocycles. The van der Waals surface area contributed by atoms with Gasteiger partial charge < -0.3 is 10.2 Å². The third-order valence-corrected chi connectivity index (χ3v) is 4.89. The fraction of sp³-hybridized carbons (Fsp3) is 0.238. The van der Waals surface area contributed by atoms with E-state index < -0.39 is 5.82 Å². The molecule has 7 heteroatoms. The highest BCUT2D eigenvalue weighted by Gasteiger charge is 2.23. The first kappa shape index (κ1) is 18.2. The van der Waals surface area contributed by atoms with Gasteiger partial charge in [-0.05, 0) is 60.9 Å². The lowest BCUT2D eigenvalue weighted by molar-refractivity contribution is 0.0932. The number of amides is 1. The van der Waals surface area contributed by atoms with Crippen LogP contribution < -0.4 is 10.2 Å². The van der Waals surface area contributed by atoms with E-state index in [1.807, 2.05) is 6.07 Å². The summed E-state index contributed by atoms with van der Waals surface area (Å²) < 4.78 is 26.4. The van der Waals surface area contributed by atoms with E-state index in [-0.39, 0.29) is 17.8 Å². The molecule has 1 aliphatic rings. The van der Waals surface area contributed by atoms with Gasteiger partial charge in [-0.15, -0.1) is 0 Å². The molecule has 1 aliphatic heterocycles. The van der Waals surface area contributed by atoms with Crippen molar-refractivity contribution in [1.29, 1.82) is 0 Å². The van der Waals surface area contributed by atoms with Gasteiger partial charge in [0.2, 0.25) is 0 Å². The van der Waals surface area contributed by atoms with Gasteiger partial charge >= 0.3 is 0 Å². The smallest absolute Gasteiger partial charge is 0.251 e. The van der Waals surface area contributed by atoms with Gasteiger partial charge in [0.25, 0.3) is 5.91 Å². The maximum absolute atomic E-state index is 13.3. The molecular formula is C21H20F2N4O. The number of carbonyl (C=O) groups excluding carboxylic acids is 1. The minimum absolute atomic E-state index is 0.0458. The highest BCUT2D eigenvalue weighted by atomic mass is 19.1. The molecule has 0 bridgehead atoms. The number of carbonyl (C=O) groups is 1. The van der Waals surface area contributed by atoms with E-state index in [9.17, 15) is 13.6 Å². The van der Waals surface area contributed by atoms with Crippen molar-refractivity contribution in [2.45, 2.75) is 18.9 Å². The third kappa shape index (κ3) is 4.03. The zero-order valence-electron chi connectivity index (χ0n) is 15.2. The fourth-order valence-electron chi connectivity index (χ4n) is 3.45. The van der Waals surface area contributed by atoms with Crippen LogP contribution in [0, 0.1) is 11.6 Å². The number of anilines is 1. The van der Waals surface area contributed by atoms with E-state index in [0.29, 0.717) is 12.1 Å². The summed E-state index contributed by atoms with van der Waals surface area (Å²) in [5.41, 5.74) is 1.98. The highest BCUT2D eigenvalue weighted by molar-refractivity contribution is 5.94. The van der Waals surface area contributed by atoms with Crippen molar-refractivity contribution >= 4 is 11.7 Å². The summed E-state index contributed by atoms with van der Waals surface area (Å²) in [4.78, 5) is 14.5. The summed E-state index contributed by atoms with van der Waals surface area (Å²) in [5.74, 6) is -0.205. The average Bonchev–Trinajstić information content (AvgIpc) is 3.19. The van der Waals surface area contributed by atoms with E-state index in [4.69, 9.17) is 0 Å². The highest BCUT2D eigenvalue weighted by Crippen LogP contribution is 2.24. The molecule has 1 aromatic heterocycles. The zero-order valence-corrected chi connectivity index (χ0v) is 15.2. The second kappa shape index (κ2) is 7.80. The van der Waals surface area contributed by atoms with Crippen molar-refractivity contribution in [2.75, 3.05) is 18.0 Å². The summed E-state index contributed by atoms with van der Waals surface area (Å²) in [7, 11) is 0. The number of rotatable bonds is 4. The van der Waals surface area contributed by atoms with Gasteiger partial charge in [0.1, 0.15) is 11.6 Å². The quantitative estimate of drug-likeness (QED) is 0.722. The minimum Gasteiger partial charge on any atom is -0.353 e. The second-order valence-electron chi connectivity index (χ2n) is 6.92. The summed E-state index contributed by atoms with van der Waals surface area (Å²) in [5, 5.41) is 10.3. The predicted octanol–water partition coefficient (Wildman–Crippen LogP) is 3.75. The molecule has 3 aromatic rings. The average molecular weight is 382 g/mol. The number of halogens is 2. The standard InChI is InChI=1S/C21H20F2N4O/c22-16-8-6-14(7-9-16)19-12-20(26-25-19)27-10-2-5-18(13-27)24-21(28)15-3-1-4-17(23)11-15/h1,3-4,6-9,11-12,18H,2,5,10,13H2,(H,24,28)(H,25,26)/t18-/m0/s1. The number of nitrogens with zero attached hydrogens (tertiary/aromatic N) is 2. The van der Waals surface area contributed by atoms with Crippen molar-refractivity contribution in [3.8, 4) is 11.3 Å². The second-order valence-corrected chi connectivity index (χ2v) is 6.92. The van der Waals surface area contributed by atoms with Gasteiger partial charge in [-0.1, -0.05) is 6.07 Å². The Labute approximate surface area is 161 Å². The number of benzene rings is 2. The summed E-state index contributed by atoms with van der Waals surface area (Å²) >= 11 is 0. The Morgan fingerprint density at radius 1 is 1.11 bits per heavy atom. The number of piperidine rings is 1. The van der Waals surface area contributed by atoms with Crippen molar-refractivity contribution in [3.63, 3.8) is 0 Å². The molecule has 1 fully saturated rings. The van der Waals surface area contributed by atoms with Crippen LogP contribution in [0.3, 0.4) is 0 Å². The van der Waals surface area contributed by atoms with Crippen molar-refractivity contribution in [1.82, 2.24) is 15.5 Å². The molecule has 2 aromatic carbocycles. The molecule has 4 rings (SSSR count). The van der Waals surface area contributed by atoms with Crippen LogP contribution in [0.25, 0.3) is 11.3 Å². The lowest BCUT2D eigenvalue weighted by Gasteiger charge is -2.33. The van der Waals surface area contributed by atoms with Gasteiger partial charge in [0.05, 0.1) is 5.69 Å². The normalized spacial score (nSPS) is 16.8. The largest absolute Gasteiger partial charge is 0.353 e. The molecule has 28 heavy (non-hydrogen) atoms. The van der Waals surface area contributed by atoms with Crippen LogP contribution in [0.1, 0.15) is 23.2 Å². The molecule has 0 radical (unpaired) electrons. The molecule has 0 spiro atoms. The Hall–Kier alpha value is -3.22. The molecule has 2 heterocycles. The minimum atomic E-state index is -0.428. The lowest BCUT2D eigenvalue weighted by Crippen LogP contribution is -2.48. The first-order valence-electron chi connectivity index (χ1n) is 9.21. The topological polar surface area (TPSA) is 61.0 Å². The fourth-order valence-corrected chi connectivity index (χ4v) is 3.45. The Balaban J connectivity index is 1.42. The number of aromatic nitrogens is 2. The molecule has 1 atom stereocenters. The molecule has 1 saturated heterocycles. The van der Waals surface area contributed by atoms with Crippen molar-refractivity contribution < 1.29 is 13.6 Å². The van der Waals surface area contributed by atoms with Gasteiger partial charge in [-0.2, -0.15) is 5.10 Å². The molecule has 0 aliphatic carbocycles. The number of H-pyrrole nitrogens is 1. The molecule has 1 amide bonds. The third-order valence-electron chi connectivity index (χ3n) is 4.89. The lowest BCUT2D eigenvalue weighted by atomic mass is 10.0. The van der Waals surface area contributed by atoms with Gasteiger partial charge in [-0.3, -0.25) is 9.89 Å². The maximum Gasteiger partial charge on any atom is 0.251 e. The first-order chi connectivity index (χ1) is 13.6. The Morgan fingerprint density at radius 3 is 2.71 bits per heavy atom. The number of hydrogen-bond acceptors (Lipinski definition) is 3. The Kier molecular flexibility index (Phi) is 5.06. The van der Waals surface area contributed by atoms with Crippen LogP contribution in [-0.2, 0) is 0 Å². The summed E-state index contributed by atoms with van der Waals surface area (Å²) in [6, 6.07) is 13.8. The summed E-state index contributed by atoms with van der Waals surface area (Å²) in [6.07, 6.45) is 1.76. The number of aromatic amines is 1. The maximum atomic E-state index is 13.3. The van der Waals surface area contributed by atoms with E-state index in [1.54, 1.807) is 18.2 Å². The van der Waals surface area contributed by atoms with Crippen LogP contribution in [0.5, 0.6) is 0 Å². The molecular weight excluding hydrogens is 362 g/mol. The van der Waals surface area contributed by atoms with Crippen LogP contribution in [0.2, 0.25) is 0 Å². The first-order valence-corrected chi connectivity index (χ1v) is 9.21. The van der Waals surface area contributed by atoms with Gasteiger partial charge in [-0.25, -0.2) is 8.78 Å². The number of hydrogen-bond donors (Lipinski definition) is 2. The zero-order chi connectivity index (χ0) is 19.5. The summed E-state index contributed by atoms with van der Waals surface area (Å²) in [6.45, 7) is 1.45. The van der Waals surface area contributed by atoms with E-state index in [0.717, 1.165) is 36.5 Å². The molecule has 5 nitrogen and oxygen atoms in total. The number of nitrogens with one attached hydrogen (secondary N) is 2. The van der Waals surface area contributed by atoms with Crippen LogP contribution in [0.4, 0.5) is 14.6 Å². The van der Waals surface area contributed by atoms with E-state index in [2.05, 4.69) is 20.4 Å². The Morgan fingerprint density at radius 2 is 1.93 bits per heavy atom. The predicted molar refractivity (Wildman–Crippen MR) is 103 cm³/mol. The van der Waals surface area contributed by atoms with Gasteiger partial charge in [0, 0.05) is 30.8 Å². The van der Waals surface area contributed by atoms with Crippen LogP contribution >= 0.6 is 0 Å². The van der Waals surface area contributed by atoms with E-state index >= 15 is 0 Å².